The van der Waals surface area contributed by atoms with Gasteiger partial charge >= 0.3 is 5.97 Å². The molecule has 3 rings (SSSR count). The Balaban J connectivity index is 1.64. The quantitative estimate of drug-likeness (QED) is 0.475. The van der Waals surface area contributed by atoms with Gasteiger partial charge in [-0.1, -0.05) is 17.8 Å². The van der Waals surface area contributed by atoms with Crippen molar-refractivity contribution in [3.63, 3.8) is 0 Å². The smallest absolute Gasteiger partial charge is 0.341 e. The summed E-state index contributed by atoms with van der Waals surface area (Å²) in [6, 6.07) is 7.74. The third kappa shape index (κ3) is 4.75. The average Bonchev–Trinajstić information content (AvgIpc) is 3.29. The fraction of sp³-hybridized carbons (Fsp3) is 0.167. The number of imidazole rings is 1. The van der Waals surface area contributed by atoms with Crippen molar-refractivity contribution in [3.8, 4) is 5.69 Å². The molecule has 0 bridgehead atoms. The van der Waals surface area contributed by atoms with Crippen molar-refractivity contribution in [2.75, 3.05) is 17.7 Å². The summed E-state index contributed by atoms with van der Waals surface area (Å²) in [6.45, 7) is 1.99. The molecule has 0 radical (unpaired) electrons. The van der Waals surface area contributed by atoms with E-state index in [4.69, 9.17) is 4.74 Å². The average molecular weight is 405 g/mol. The number of nitrogens with one attached hydrogen (secondary N) is 1. The molecule has 27 heavy (non-hydrogen) atoms. The van der Waals surface area contributed by atoms with E-state index in [2.05, 4.69) is 10.3 Å². The van der Waals surface area contributed by atoms with Crippen molar-refractivity contribution in [2.24, 2.45) is 0 Å². The van der Waals surface area contributed by atoms with Crippen molar-refractivity contribution in [1.29, 1.82) is 0 Å². The number of amides is 1. The highest BCUT2D eigenvalue weighted by Gasteiger charge is 2.17. The Kier molecular flexibility index (Phi) is 6.25. The molecule has 0 aliphatic rings. The molecule has 0 saturated carbocycles. The lowest BCUT2D eigenvalue weighted by Crippen LogP contribution is -2.16. The van der Waals surface area contributed by atoms with E-state index in [1.807, 2.05) is 0 Å². The molecule has 3 aromatic rings. The van der Waals surface area contributed by atoms with Crippen LogP contribution < -0.4 is 5.32 Å². The monoisotopic (exact) mass is 405 g/mol. The molecule has 2 heterocycles. The maximum Gasteiger partial charge on any atom is 0.341 e. The summed E-state index contributed by atoms with van der Waals surface area (Å²) in [7, 11) is 0. The number of carbonyl (C=O) groups is 2. The fourth-order valence-electron chi connectivity index (χ4n) is 2.29. The molecule has 1 amide bonds. The van der Waals surface area contributed by atoms with Gasteiger partial charge in [0.1, 0.15) is 10.8 Å². The lowest BCUT2D eigenvalue weighted by atomic mass is 10.3. The fourth-order valence-corrected chi connectivity index (χ4v) is 3.85. The number of benzene rings is 1. The van der Waals surface area contributed by atoms with Gasteiger partial charge in [0.15, 0.2) is 5.16 Å². The number of carbonyl (C=O) groups excluding carboxylic acids is 2. The van der Waals surface area contributed by atoms with Gasteiger partial charge in [-0.05, 0) is 36.6 Å². The summed E-state index contributed by atoms with van der Waals surface area (Å²) in [5, 5.41) is 5.45. The van der Waals surface area contributed by atoms with Crippen LogP contribution in [-0.2, 0) is 9.53 Å². The first-order chi connectivity index (χ1) is 13.1. The molecule has 0 aliphatic carbocycles. The summed E-state index contributed by atoms with van der Waals surface area (Å²) in [6.07, 6.45) is 3.29. The van der Waals surface area contributed by atoms with E-state index in [1.165, 1.54) is 35.2 Å². The number of halogens is 1. The third-order valence-corrected chi connectivity index (χ3v) is 5.24. The zero-order valence-electron chi connectivity index (χ0n) is 14.3. The summed E-state index contributed by atoms with van der Waals surface area (Å²) >= 11 is 2.47. The standard InChI is InChI=1S/C18H16FN3O3S2/c1-2-25-17(24)14-6-9-26-16(14)21-15(23)11-27-18-20-7-8-22(18)13-5-3-4-12(19)10-13/h3-10H,2,11H2,1H3,(H,21,23). The number of hydrogen-bond donors (Lipinski definition) is 1. The van der Waals surface area contributed by atoms with Crippen LogP contribution in [0.15, 0.2) is 53.3 Å². The highest BCUT2D eigenvalue weighted by Crippen LogP contribution is 2.25. The topological polar surface area (TPSA) is 73.2 Å². The number of anilines is 1. The second-order valence-electron chi connectivity index (χ2n) is 5.28. The maximum atomic E-state index is 13.4. The molecular formula is C18H16FN3O3S2. The van der Waals surface area contributed by atoms with E-state index < -0.39 is 5.97 Å². The molecule has 0 aliphatic heterocycles. The summed E-state index contributed by atoms with van der Waals surface area (Å²) < 4.78 is 20.1. The van der Waals surface area contributed by atoms with Gasteiger partial charge in [0.25, 0.3) is 0 Å². The summed E-state index contributed by atoms with van der Waals surface area (Å²) in [5.41, 5.74) is 0.958. The van der Waals surface area contributed by atoms with Gasteiger partial charge in [-0.15, -0.1) is 11.3 Å². The van der Waals surface area contributed by atoms with Crippen molar-refractivity contribution in [1.82, 2.24) is 9.55 Å². The molecule has 1 aromatic carbocycles. The number of ether oxygens (including phenoxy) is 1. The Morgan fingerprint density at radius 2 is 2.22 bits per heavy atom. The normalized spacial score (nSPS) is 10.6. The maximum absolute atomic E-state index is 13.4. The van der Waals surface area contributed by atoms with Gasteiger partial charge in [-0.25, -0.2) is 14.2 Å². The molecular weight excluding hydrogens is 389 g/mol. The van der Waals surface area contributed by atoms with E-state index in [9.17, 15) is 14.0 Å². The molecule has 140 valence electrons. The third-order valence-electron chi connectivity index (χ3n) is 3.44. The largest absolute Gasteiger partial charge is 0.462 e. The highest BCUT2D eigenvalue weighted by molar-refractivity contribution is 7.99. The molecule has 1 N–H and O–H groups in total. The molecule has 9 heteroatoms. The Bertz CT molecular complexity index is 955. The van der Waals surface area contributed by atoms with Crippen LogP contribution in [0.25, 0.3) is 5.69 Å². The van der Waals surface area contributed by atoms with Crippen molar-refractivity contribution in [3.05, 3.63) is 59.5 Å². The highest BCUT2D eigenvalue weighted by atomic mass is 32.2. The van der Waals surface area contributed by atoms with E-state index in [0.717, 1.165) is 0 Å². The first-order valence-electron chi connectivity index (χ1n) is 8.05. The minimum absolute atomic E-state index is 0.0898. The second kappa shape index (κ2) is 8.83. The van der Waals surface area contributed by atoms with Crippen LogP contribution in [0.1, 0.15) is 17.3 Å². The predicted octanol–water partition coefficient (Wildman–Crippen LogP) is 3.98. The van der Waals surface area contributed by atoms with Gasteiger partial charge in [0.05, 0.1) is 23.6 Å². The number of rotatable bonds is 7. The number of thioether (sulfide) groups is 1. The van der Waals surface area contributed by atoms with Crippen LogP contribution in [0.5, 0.6) is 0 Å². The number of thiophene rings is 1. The zero-order valence-corrected chi connectivity index (χ0v) is 16.0. The molecule has 0 fully saturated rings. The van der Waals surface area contributed by atoms with Crippen molar-refractivity contribution >= 4 is 40.0 Å². The molecule has 0 saturated heterocycles. The van der Waals surface area contributed by atoms with E-state index in [0.29, 0.717) is 21.4 Å². The summed E-state index contributed by atoms with van der Waals surface area (Å²) in [4.78, 5) is 28.3. The van der Waals surface area contributed by atoms with Gasteiger partial charge in [0, 0.05) is 12.4 Å². The van der Waals surface area contributed by atoms with Crippen LogP contribution in [0, 0.1) is 5.82 Å². The summed E-state index contributed by atoms with van der Waals surface area (Å²) in [5.74, 6) is -1.00. The Labute approximate surface area is 163 Å². The Morgan fingerprint density at radius 1 is 1.37 bits per heavy atom. The lowest BCUT2D eigenvalue weighted by molar-refractivity contribution is -0.113. The van der Waals surface area contributed by atoms with Crippen LogP contribution in [-0.4, -0.2) is 33.8 Å². The van der Waals surface area contributed by atoms with Gasteiger partial charge in [0.2, 0.25) is 5.91 Å². The number of nitrogens with zero attached hydrogens (tertiary/aromatic N) is 2. The van der Waals surface area contributed by atoms with Crippen LogP contribution in [0.2, 0.25) is 0 Å². The molecule has 2 aromatic heterocycles. The molecule has 0 unspecified atom stereocenters. The zero-order chi connectivity index (χ0) is 19.2. The number of aromatic nitrogens is 2. The first kappa shape index (κ1) is 19.1. The minimum atomic E-state index is -0.469. The molecule has 0 spiro atoms. The molecule has 6 nitrogen and oxygen atoms in total. The van der Waals surface area contributed by atoms with E-state index in [1.54, 1.807) is 47.5 Å². The van der Waals surface area contributed by atoms with Crippen LogP contribution >= 0.6 is 23.1 Å². The Hall–Kier alpha value is -2.65. The Morgan fingerprint density at radius 3 is 3.00 bits per heavy atom. The SMILES string of the molecule is CCOC(=O)c1ccsc1NC(=O)CSc1nccn1-c1cccc(F)c1. The number of hydrogen-bond acceptors (Lipinski definition) is 6. The van der Waals surface area contributed by atoms with E-state index >= 15 is 0 Å². The first-order valence-corrected chi connectivity index (χ1v) is 9.91. The minimum Gasteiger partial charge on any atom is -0.462 e. The van der Waals surface area contributed by atoms with Gasteiger partial charge < -0.3 is 10.1 Å². The van der Waals surface area contributed by atoms with Crippen molar-refractivity contribution < 1.29 is 18.7 Å². The lowest BCUT2D eigenvalue weighted by Gasteiger charge is -2.08. The molecule has 0 atom stereocenters. The second-order valence-corrected chi connectivity index (χ2v) is 7.14. The van der Waals surface area contributed by atoms with Crippen LogP contribution in [0.4, 0.5) is 9.39 Å². The number of esters is 1. The van der Waals surface area contributed by atoms with Gasteiger partial charge in [-0.2, -0.15) is 0 Å². The van der Waals surface area contributed by atoms with Crippen molar-refractivity contribution in [2.45, 2.75) is 12.1 Å². The predicted molar refractivity (Wildman–Crippen MR) is 103 cm³/mol. The van der Waals surface area contributed by atoms with Crippen LogP contribution in [0.3, 0.4) is 0 Å². The van der Waals surface area contributed by atoms with E-state index in [-0.39, 0.29) is 24.1 Å². The van der Waals surface area contributed by atoms with Gasteiger partial charge in [-0.3, -0.25) is 9.36 Å².